The van der Waals surface area contributed by atoms with Crippen LogP contribution in [-0.4, -0.2) is 34.5 Å². The Morgan fingerprint density at radius 2 is 1.95 bits per heavy atom. The van der Waals surface area contributed by atoms with Crippen LogP contribution in [0.1, 0.15) is 69.2 Å². The van der Waals surface area contributed by atoms with Crippen LogP contribution in [0.5, 0.6) is 0 Å². The average Bonchev–Trinajstić information content (AvgIpc) is 2.50. The standard InChI is InChI=1S/C17H30N4/c1-4-6-8-12-21(11-7-5-2)17-16-15(9-10-18-17)13-19-14(3)20-16/h13,17-18H,4-12H2,1-3H3. The Kier molecular flexibility index (Phi) is 6.58. The van der Waals surface area contributed by atoms with Crippen molar-refractivity contribution in [3.05, 3.63) is 23.3 Å². The van der Waals surface area contributed by atoms with E-state index in [0.717, 1.165) is 31.9 Å². The lowest BCUT2D eigenvalue weighted by atomic mass is 10.0. The lowest BCUT2D eigenvalue weighted by molar-refractivity contribution is 0.149. The van der Waals surface area contributed by atoms with E-state index in [4.69, 9.17) is 4.98 Å². The number of rotatable bonds is 8. The normalized spacial score (nSPS) is 18.0. The zero-order valence-electron chi connectivity index (χ0n) is 13.9. The van der Waals surface area contributed by atoms with Crippen LogP contribution in [-0.2, 0) is 6.42 Å². The molecule has 0 aliphatic carbocycles. The maximum absolute atomic E-state index is 4.74. The number of fused-ring (bicyclic) bond motifs is 1. The van der Waals surface area contributed by atoms with Crippen LogP contribution in [0.15, 0.2) is 6.20 Å². The number of aromatic nitrogens is 2. The third kappa shape index (κ3) is 4.48. The predicted octanol–water partition coefficient (Wildman–Crippen LogP) is 3.22. The van der Waals surface area contributed by atoms with Crippen LogP contribution in [0.25, 0.3) is 0 Å². The van der Waals surface area contributed by atoms with E-state index in [2.05, 4.69) is 29.0 Å². The van der Waals surface area contributed by atoms with E-state index in [9.17, 15) is 0 Å². The summed E-state index contributed by atoms with van der Waals surface area (Å²) < 4.78 is 0. The number of unbranched alkanes of at least 4 members (excludes halogenated alkanes) is 3. The topological polar surface area (TPSA) is 41.0 Å². The van der Waals surface area contributed by atoms with E-state index < -0.39 is 0 Å². The molecule has 0 spiro atoms. The van der Waals surface area contributed by atoms with E-state index >= 15 is 0 Å². The molecule has 2 rings (SSSR count). The molecule has 0 saturated carbocycles. The SMILES string of the molecule is CCCCCN(CCCC)C1NCCc2cnc(C)nc21. The molecule has 0 amide bonds. The summed E-state index contributed by atoms with van der Waals surface area (Å²) in [5.74, 6) is 0.881. The largest absolute Gasteiger partial charge is 0.296 e. The first-order valence-corrected chi connectivity index (χ1v) is 8.56. The van der Waals surface area contributed by atoms with E-state index in [1.807, 2.05) is 13.1 Å². The Morgan fingerprint density at radius 1 is 1.19 bits per heavy atom. The van der Waals surface area contributed by atoms with Gasteiger partial charge in [0.25, 0.3) is 0 Å². The zero-order valence-corrected chi connectivity index (χ0v) is 13.9. The highest BCUT2D eigenvalue weighted by molar-refractivity contribution is 5.23. The number of hydrogen-bond acceptors (Lipinski definition) is 4. The first-order valence-electron chi connectivity index (χ1n) is 8.56. The van der Waals surface area contributed by atoms with Crippen LogP contribution in [0.4, 0.5) is 0 Å². The van der Waals surface area contributed by atoms with Crippen LogP contribution in [0.3, 0.4) is 0 Å². The highest BCUT2D eigenvalue weighted by Gasteiger charge is 2.26. The number of nitrogens with one attached hydrogen (secondary N) is 1. The predicted molar refractivity (Wildman–Crippen MR) is 87.2 cm³/mol. The second kappa shape index (κ2) is 8.44. The highest BCUT2D eigenvalue weighted by atomic mass is 15.3. The van der Waals surface area contributed by atoms with Gasteiger partial charge in [0.15, 0.2) is 0 Å². The Balaban J connectivity index is 2.13. The molecule has 1 aliphatic heterocycles. The molecule has 0 radical (unpaired) electrons. The average molecular weight is 290 g/mol. The van der Waals surface area contributed by atoms with Crippen molar-refractivity contribution in [3.63, 3.8) is 0 Å². The molecule has 4 heteroatoms. The van der Waals surface area contributed by atoms with Crippen molar-refractivity contribution in [2.45, 2.75) is 65.5 Å². The molecule has 0 aromatic carbocycles. The minimum Gasteiger partial charge on any atom is -0.296 e. The number of aryl methyl sites for hydroxylation is 1. The lowest BCUT2D eigenvalue weighted by Crippen LogP contribution is -2.44. The van der Waals surface area contributed by atoms with Gasteiger partial charge in [0.2, 0.25) is 0 Å². The van der Waals surface area contributed by atoms with Gasteiger partial charge in [0.1, 0.15) is 12.0 Å². The molecule has 0 saturated heterocycles. The summed E-state index contributed by atoms with van der Waals surface area (Å²) >= 11 is 0. The minimum atomic E-state index is 0.277. The zero-order chi connectivity index (χ0) is 15.1. The summed E-state index contributed by atoms with van der Waals surface area (Å²) in [6.07, 6.45) is 9.70. The minimum absolute atomic E-state index is 0.277. The molecule has 1 aliphatic rings. The molecule has 21 heavy (non-hydrogen) atoms. The molecule has 1 unspecified atom stereocenters. The van der Waals surface area contributed by atoms with E-state index in [1.54, 1.807) is 0 Å². The molecule has 0 fully saturated rings. The smallest absolute Gasteiger partial charge is 0.125 e. The van der Waals surface area contributed by atoms with Gasteiger partial charge in [-0.2, -0.15) is 0 Å². The van der Waals surface area contributed by atoms with Gasteiger partial charge in [-0.05, 0) is 44.8 Å². The monoisotopic (exact) mass is 290 g/mol. The van der Waals surface area contributed by atoms with Crippen LogP contribution in [0, 0.1) is 6.92 Å². The van der Waals surface area contributed by atoms with E-state index in [-0.39, 0.29) is 6.17 Å². The molecular formula is C17H30N4. The first-order chi connectivity index (χ1) is 10.3. The molecule has 1 aromatic heterocycles. The third-order valence-electron chi connectivity index (χ3n) is 4.22. The second-order valence-corrected chi connectivity index (χ2v) is 6.03. The molecule has 1 N–H and O–H groups in total. The fraction of sp³-hybridized carbons (Fsp3) is 0.765. The van der Waals surface area contributed by atoms with Crippen molar-refractivity contribution in [1.82, 2.24) is 20.2 Å². The quantitative estimate of drug-likeness (QED) is 0.746. The van der Waals surface area contributed by atoms with Crippen molar-refractivity contribution in [3.8, 4) is 0 Å². The summed E-state index contributed by atoms with van der Waals surface area (Å²) in [7, 11) is 0. The van der Waals surface area contributed by atoms with Gasteiger partial charge in [-0.25, -0.2) is 9.97 Å². The van der Waals surface area contributed by atoms with Crippen LogP contribution < -0.4 is 5.32 Å². The van der Waals surface area contributed by atoms with Gasteiger partial charge < -0.3 is 0 Å². The van der Waals surface area contributed by atoms with Crippen molar-refractivity contribution in [2.75, 3.05) is 19.6 Å². The van der Waals surface area contributed by atoms with Gasteiger partial charge in [0, 0.05) is 12.7 Å². The van der Waals surface area contributed by atoms with Gasteiger partial charge in [-0.1, -0.05) is 33.1 Å². The number of hydrogen-bond donors (Lipinski definition) is 1. The maximum atomic E-state index is 4.74. The molecule has 1 atom stereocenters. The van der Waals surface area contributed by atoms with E-state index in [0.29, 0.717) is 0 Å². The molecule has 1 aromatic rings. The summed E-state index contributed by atoms with van der Waals surface area (Å²) in [5, 5.41) is 3.67. The van der Waals surface area contributed by atoms with Crippen molar-refractivity contribution in [1.29, 1.82) is 0 Å². The maximum Gasteiger partial charge on any atom is 0.125 e. The van der Waals surface area contributed by atoms with Crippen molar-refractivity contribution < 1.29 is 0 Å². The van der Waals surface area contributed by atoms with Gasteiger partial charge in [0.05, 0.1) is 5.69 Å². The Bertz CT molecular complexity index is 433. The molecule has 2 heterocycles. The lowest BCUT2D eigenvalue weighted by Gasteiger charge is -2.35. The molecule has 0 bridgehead atoms. The summed E-state index contributed by atoms with van der Waals surface area (Å²) in [6.45, 7) is 9.86. The fourth-order valence-electron chi connectivity index (χ4n) is 2.98. The van der Waals surface area contributed by atoms with Gasteiger partial charge in [-0.3, -0.25) is 10.2 Å². The Labute approximate surface area is 129 Å². The molecule has 4 nitrogen and oxygen atoms in total. The van der Waals surface area contributed by atoms with Crippen molar-refractivity contribution in [2.24, 2.45) is 0 Å². The molecule has 118 valence electrons. The first kappa shape index (κ1) is 16.4. The second-order valence-electron chi connectivity index (χ2n) is 6.03. The van der Waals surface area contributed by atoms with Gasteiger partial charge >= 0.3 is 0 Å². The van der Waals surface area contributed by atoms with Crippen LogP contribution in [0.2, 0.25) is 0 Å². The Morgan fingerprint density at radius 3 is 2.71 bits per heavy atom. The summed E-state index contributed by atoms with van der Waals surface area (Å²) in [4.78, 5) is 11.7. The summed E-state index contributed by atoms with van der Waals surface area (Å²) in [6, 6.07) is 0. The fourth-order valence-corrected chi connectivity index (χ4v) is 2.98. The van der Waals surface area contributed by atoms with Gasteiger partial charge in [-0.15, -0.1) is 0 Å². The highest BCUT2D eigenvalue weighted by Crippen LogP contribution is 2.24. The summed E-state index contributed by atoms with van der Waals surface area (Å²) in [5.41, 5.74) is 2.53. The Hall–Kier alpha value is -1.00. The number of nitrogens with zero attached hydrogens (tertiary/aromatic N) is 3. The molecular weight excluding hydrogens is 260 g/mol. The van der Waals surface area contributed by atoms with Crippen molar-refractivity contribution >= 4 is 0 Å². The van der Waals surface area contributed by atoms with Crippen LogP contribution >= 0.6 is 0 Å². The van der Waals surface area contributed by atoms with E-state index in [1.165, 1.54) is 43.4 Å². The third-order valence-corrected chi connectivity index (χ3v) is 4.22.